The zero-order valence-corrected chi connectivity index (χ0v) is 87.9. The van der Waals surface area contributed by atoms with Gasteiger partial charge in [0, 0.05) is 133 Å². The van der Waals surface area contributed by atoms with Crippen molar-refractivity contribution in [3.63, 3.8) is 0 Å². The Kier molecular flexibility index (Phi) is 55.2. The molecule has 730 valence electrons. The molecule has 12 rings (SSSR count). The number of primary sulfonamides is 1. The molecular formula is C105H149F3N16O6S4. The summed E-state index contributed by atoms with van der Waals surface area (Å²) >= 11 is 0. The molecule has 0 aromatic carbocycles. The smallest absolute Gasteiger partial charge is 0.255 e. The summed E-state index contributed by atoms with van der Waals surface area (Å²) in [5.74, 6) is 3.59. The van der Waals surface area contributed by atoms with Crippen LogP contribution in [0.25, 0.3) is 0 Å². The van der Waals surface area contributed by atoms with Crippen LogP contribution in [0.3, 0.4) is 0 Å². The van der Waals surface area contributed by atoms with E-state index >= 15 is 0 Å². The maximum absolute atomic E-state index is 12.8. The number of halogens is 3. The number of carbonyl (C=O) groups is 1. The van der Waals surface area contributed by atoms with E-state index in [-0.39, 0.29) is 57.9 Å². The van der Waals surface area contributed by atoms with Crippen LogP contribution in [0.1, 0.15) is 346 Å². The highest BCUT2D eigenvalue weighted by molar-refractivity contribution is 7.92. The Labute approximate surface area is 801 Å². The van der Waals surface area contributed by atoms with Crippen molar-refractivity contribution in [1.29, 1.82) is 14.3 Å². The molecule has 0 aliphatic rings. The van der Waals surface area contributed by atoms with Gasteiger partial charge in [0.05, 0.1) is 68.0 Å². The molecule has 29 heteroatoms. The average Bonchev–Trinajstić information content (AvgIpc) is 0.831. The average molecular weight is 1920 g/mol. The minimum absolute atomic E-state index is 0.0231. The number of nitrogens with zero attached hydrogens (tertiary/aromatic N) is 12. The van der Waals surface area contributed by atoms with Crippen molar-refractivity contribution in [3.05, 3.63) is 334 Å². The molecule has 12 aromatic heterocycles. The van der Waals surface area contributed by atoms with E-state index in [0.29, 0.717) is 73.9 Å². The summed E-state index contributed by atoms with van der Waals surface area (Å²) in [6.07, 6.45) is 22.8. The van der Waals surface area contributed by atoms with Gasteiger partial charge < -0.3 is 0 Å². The van der Waals surface area contributed by atoms with Crippen LogP contribution >= 0.6 is 0 Å². The number of ketones is 1. The maximum Gasteiger partial charge on any atom is 0.255 e. The van der Waals surface area contributed by atoms with Crippen LogP contribution in [0.5, 0.6) is 0 Å². The minimum atomic E-state index is -3.69. The van der Waals surface area contributed by atoms with Gasteiger partial charge in [-0.25, -0.2) is 63.7 Å². The van der Waals surface area contributed by atoms with Crippen LogP contribution < -0.4 is 5.14 Å². The SMILES string of the molecule is CC(C)c1cc(F)ccn1.CC(C)c1ccc(F)cn1.CC(C)c1ccccn1.CC(C)c1cccnc1S(N)(=O)=O.CC(C)c1cccnc1[S@@](C)(=N)=O.CC(C)c1ncccc1F.CC(C)c1ncccc1[S@@](C)(=N)=O.CC(C)c1ncccc1[S@](C)(=N)=O.CCC(=O)c1cccnc1C(C)C.Cc1cccc(C(C)C)n1.Cc1cccnc1C(C)C.Cc1cccnc1C(C)C. The monoisotopic (exact) mass is 1920 g/mol. The first kappa shape index (κ1) is 121. The third-order valence-corrected chi connectivity index (χ3v) is 23.3. The fourth-order valence-electron chi connectivity index (χ4n) is 12.0. The number of hydrogen-bond donors (Lipinski definition) is 4. The second-order valence-electron chi connectivity index (χ2n) is 35.3. The first-order valence-corrected chi connectivity index (χ1v) is 52.4. The number of aromatic nitrogens is 12. The lowest BCUT2D eigenvalue weighted by Gasteiger charge is -2.10. The molecular weight excluding hydrogens is 1770 g/mol. The molecule has 0 aliphatic carbocycles. The molecule has 134 heavy (non-hydrogen) atoms. The van der Waals surface area contributed by atoms with Gasteiger partial charge >= 0.3 is 0 Å². The highest BCUT2D eigenvalue weighted by atomic mass is 32.2. The molecule has 0 unspecified atom stereocenters. The lowest BCUT2D eigenvalue weighted by Crippen LogP contribution is -2.16. The van der Waals surface area contributed by atoms with E-state index in [1.54, 1.807) is 79.5 Å². The van der Waals surface area contributed by atoms with Crippen molar-refractivity contribution < 1.29 is 39.0 Å². The van der Waals surface area contributed by atoms with Crippen molar-refractivity contribution in [2.24, 2.45) is 5.14 Å². The Morgan fingerprint density at radius 3 is 0.970 bits per heavy atom. The lowest BCUT2D eigenvalue weighted by molar-refractivity contribution is 0.0986. The number of nitrogens with one attached hydrogen (secondary N) is 3. The van der Waals surface area contributed by atoms with Crippen LogP contribution in [0.4, 0.5) is 13.2 Å². The number of aryl methyl sites for hydroxylation is 3. The topological polar surface area (TPSA) is 355 Å². The number of Topliss-reactive ketones (excluding diaryl/α,β-unsaturated/α-hetero) is 1. The van der Waals surface area contributed by atoms with E-state index in [0.717, 1.165) is 51.0 Å². The summed E-state index contributed by atoms with van der Waals surface area (Å²) in [5, 5.41) is 5.40. The van der Waals surface area contributed by atoms with E-state index in [4.69, 9.17) is 19.5 Å². The van der Waals surface area contributed by atoms with Crippen molar-refractivity contribution in [3.8, 4) is 0 Å². The maximum atomic E-state index is 12.8. The number of sulfonamides is 1. The largest absolute Gasteiger partial charge is 0.294 e. The molecule has 3 atom stereocenters. The van der Waals surface area contributed by atoms with E-state index < -0.39 is 39.2 Å². The zero-order valence-electron chi connectivity index (χ0n) is 84.7. The number of hydrogen-bond acceptors (Lipinski definition) is 21. The number of nitrogens with two attached hydrogens (primary N) is 1. The summed E-state index contributed by atoms with van der Waals surface area (Å²) in [6, 6.07) is 46.9. The summed E-state index contributed by atoms with van der Waals surface area (Å²) < 4.78 is 117. The fraction of sp³-hybridized carbons (Fsp3) is 0.419. The normalized spacial score (nSPS) is 12.1. The van der Waals surface area contributed by atoms with Gasteiger partial charge in [0.1, 0.15) is 22.5 Å². The zero-order chi connectivity index (χ0) is 102. The van der Waals surface area contributed by atoms with Crippen LogP contribution in [0.2, 0.25) is 0 Å². The molecule has 0 bridgehead atoms. The van der Waals surface area contributed by atoms with Crippen molar-refractivity contribution in [1.82, 2.24) is 59.8 Å². The van der Waals surface area contributed by atoms with Crippen LogP contribution in [0.15, 0.2) is 246 Å². The molecule has 0 aliphatic heterocycles. The summed E-state index contributed by atoms with van der Waals surface area (Å²) in [6.45, 7) is 57.0. The van der Waals surface area contributed by atoms with Crippen LogP contribution in [-0.2, 0) is 39.2 Å². The fourth-order valence-corrected chi connectivity index (χ4v) is 15.9. The van der Waals surface area contributed by atoms with E-state index in [1.165, 1.54) is 89.8 Å². The van der Waals surface area contributed by atoms with Gasteiger partial charge in [-0.1, -0.05) is 209 Å². The van der Waals surface area contributed by atoms with Crippen molar-refractivity contribution in [2.75, 3.05) is 18.8 Å². The Balaban J connectivity index is 0.000000732. The quantitative estimate of drug-likeness (QED) is 0.0580. The minimum Gasteiger partial charge on any atom is -0.294 e. The summed E-state index contributed by atoms with van der Waals surface area (Å²) in [4.78, 5) is 61.8. The predicted octanol–water partition coefficient (Wildman–Crippen LogP) is 27.1. The Morgan fingerprint density at radius 1 is 0.321 bits per heavy atom. The predicted molar refractivity (Wildman–Crippen MR) is 545 cm³/mol. The molecule has 0 saturated carbocycles. The standard InChI is InChI=1S/C11H15NO.3C9H14N2OS.3C9H13N.3C8H10FN.C8H12N2O2S.C8H11N/c1-4-10(13)9-6-5-7-12-11(9)8(2)3;2*1-7(2)9-8(13(3,10)12)5-4-6-11-9;1-7(2)8-5-4-6-11-9(8)13(3,10)12;2*1-7(2)9-8(3)5-4-6-10-9;1-7(2)9-6-4-5-8(3)10-9;1-6(2)8-5-7(9)3-4-10-8;1-6(2)8-4-3-7(9)5-10-8;1-6(2)8-7(9)4-3-5-10-8;1-6(2)7-4-3-5-10-8(7)13(9,11)12;1-7(2)8-5-3-4-6-9-8/h5-8H,4H2,1-3H3;3*4-7,10H,1-3H3;3*4-7H,1-3H3;3*3-6H,1-2H3;3-6H,1-2H3,(H2,9,11,12);3-7H,1-2H3/t;3*13-;;;;;;;;/m.100......../s1. The molecule has 0 fully saturated rings. The Hall–Kier alpha value is -11.0. The highest BCUT2D eigenvalue weighted by Gasteiger charge is 2.20. The third-order valence-electron chi connectivity index (χ3n) is 19.0. The first-order valence-electron chi connectivity index (χ1n) is 44.9. The van der Waals surface area contributed by atoms with Gasteiger partial charge in [0.2, 0.25) is 0 Å². The van der Waals surface area contributed by atoms with Gasteiger partial charge in [0.15, 0.2) is 10.8 Å². The Morgan fingerprint density at radius 2 is 0.679 bits per heavy atom. The second-order valence-corrected chi connectivity index (χ2v) is 43.1. The van der Waals surface area contributed by atoms with Crippen LogP contribution in [-0.4, -0.2) is 105 Å². The molecule has 12 aromatic rings. The van der Waals surface area contributed by atoms with E-state index in [1.807, 2.05) is 190 Å². The Bertz CT molecular complexity index is 5440. The van der Waals surface area contributed by atoms with Crippen LogP contribution in [0, 0.1) is 52.6 Å². The van der Waals surface area contributed by atoms with Crippen molar-refractivity contribution in [2.45, 2.75) is 291 Å². The first-order chi connectivity index (χ1) is 62.4. The van der Waals surface area contributed by atoms with Gasteiger partial charge in [-0.15, -0.1) is 0 Å². The van der Waals surface area contributed by atoms with Gasteiger partial charge in [-0.2, -0.15) is 0 Å². The van der Waals surface area contributed by atoms with Gasteiger partial charge in [0.25, 0.3) is 10.0 Å². The molecule has 0 spiro atoms. The van der Waals surface area contributed by atoms with E-state index in [2.05, 4.69) is 167 Å². The molecule has 0 amide bonds. The van der Waals surface area contributed by atoms with Crippen molar-refractivity contribution >= 4 is 45.0 Å². The highest BCUT2D eigenvalue weighted by Crippen LogP contribution is 2.27. The van der Waals surface area contributed by atoms with E-state index in [9.17, 15) is 39.0 Å². The summed E-state index contributed by atoms with van der Waals surface area (Å²) in [7, 11) is -11.7. The van der Waals surface area contributed by atoms with Gasteiger partial charge in [-0.05, 0) is 235 Å². The molecule has 0 saturated heterocycles. The molecule has 12 heterocycles. The summed E-state index contributed by atoms with van der Waals surface area (Å²) in [5.41, 5.74) is 15.5. The molecule has 5 N–H and O–H groups in total. The number of rotatable bonds is 18. The molecule has 0 radical (unpaired) electrons. The molecule has 22 nitrogen and oxygen atoms in total. The number of carbonyl (C=O) groups excluding carboxylic acids is 1. The number of pyridine rings is 12. The second kappa shape index (κ2) is 61.1. The van der Waals surface area contributed by atoms with Gasteiger partial charge in [-0.3, -0.25) is 54.6 Å². The third kappa shape index (κ3) is 46.8. The lowest BCUT2D eigenvalue weighted by atomic mass is 10.00.